The van der Waals surface area contributed by atoms with Crippen LogP contribution < -0.4 is 5.32 Å². The lowest BCUT2D eigenvalue weighted by Crippen LogP contribution is -2.32. The Balaban J connectivity index is 1.33. The van der Waals surface area contributed by atoms with Crippen LogP contribution in [0.5, 0.6) is 0 Å². The highest BCUT2D eigenvalue weighted by molar-refractivity contribution is 7.13. The Hall–Kier alpha value is -2.18. The van der Waals surface area contributed by atoms with Crippen molar-refractivity contribution in [2.45, 2.75) is 46.1 Å². The Morgan fingerprint density at radius 1 is 1.29 bits per heavy atom. The molecule has 148 valence electrons. The second-order valence-corrected chi connectivity index (χ2v) is 9.55. The summed E-state index contributed by atoms with van der Waals surface area (Å²) in [6, 6.07) is 8.56. The van der Waals surface area contributed by atoms with Crippen molar-refractivity contribution in [2.75, 3.05) is 18.4 Å². The predicted molar refractivity (Wildman–Crippen MR) is 116 cm³/mol. The fourth-order valence-corrected chi connectivity index (χ4v) is 4.48. The summed E-state index contributed by atoms with van der Waals surface area (Å²) in [5.41, 5.74) is 3.32. The number of nitrogens with one attached hydrogen (secondary N) is 2. The van der Waals surface area contributed by atoms with E-state index in [1.54, 1.807) is 0 Å². The summed E-state index contributed by atoms with van der Waals surface area (Å²) in [6.45, 7) is 8.73. The molecule has 4 rings (SSSR count). The van der Waals surface area contributed by atoms with Crippen molar-refractivity contribution in [3.05, 3.63) is 47.1 Å². The van der Waals surface area contributed by atoms with Gasteiger partial charge in [0.2, 0.25) is 5.91 Å². The molecular weight excluding hydrogens is 368 g/mol. The molecule has 0 aliphatic carbocycles. The van der Waals surface area contributed by atoms with E-state index in [0.29, 0.717) is 11.0 Å². The lowest BCUT2D eigenvalue weighted by molar-refractivity contribution is -0.123. The maximum atomic E-state index is 12.1. The third-order valence-electron chi connectivity index (χ3n) is 5.49. The zero-order valence-corrected chi connectivity index (χ0v) is 17.6. The topological polar surface area (TPSA) is 61.0 Å². The number of aromatic amines is 1. The second kappa shape index (κ2) is 7.68. The molecule has 0 atom stereocenters. The average molecular weight is 397 g/mol. The Morgan fingerprint density at radius 3 is 2.79 bits per heavy atom. The first kappa shape index (κ1) is 19.2. The molecule has 2 N–H and O–H groups in total. The van der Waals surface area contributed by atoms with Gasteiger partial charge in [-0.3, -0.25) is 9.69 Å². The van der Waals surface area contributed by atoms with Crippen LogP contribution in [0.3, 0.4) is 0 Å². The molecule has 1 saturated heterocycles. The summed E-state index contributed by atoms with van der Waals surface area (Å²) in [4.78, 5) is 22.6. The van der Waals surface area contributed by atoms with E-state index >= 15 is 0 Å². The number of piperidine rings is 1. The largest absolute Gasteiger partial charge is 0.361 e. The molecule has 1 aliphatic heterocycles. The van der Waals surface area contributed by atoms with E-state index in [2.05, 4.69) is 56.0 Å². The molecule has 0 bridgehead atoms. The zero-order chi connectivity index (χ0) is 19.7. The van der Waals surface area contributed by atoms with E-state index < -0.39 is 5.41 Å². The SMILES string of the molecule is CC(C)(C)C(=O)Nc1nc(CN2CCC(c3c[nH]c4ccccc34)CC2)cs1. The number of para-hydroxylation sites is 1. The standard InChI is InChI=1S/C22H28N4OS/c1-22(2,3)20(27)25-21-24-16(14-28-21)13-26-10-8-15(9-11-26)18-12-23-19-7-5-4-6-17(18)19/h4-7,12,14-15,23H,8-11,13H2,1-3H3,(H,24,25,27). The fourth-order valence-electron chi connectivity index (χ4n) is 3.78. The maximum Gasteiger partial charge on any atom is 0.231 e. The number of thiazole rings is 1. The highest BCUT2D eigenvalue weighted by atomic mass is 32.1. The monoisotopic (exact) mass is 396 g/mol. The van der Waals surface area contributed by atoms with Gasteiger partial charge < -0.3 is 10.3 Å². The number of rotatable bonds is 4. The Morgan fingerprint density at radius 2 is 2.04 bits per heavy atom. The van der Waals surface area contributed by atoms with Crippen molar-refractivity contribution in [2.24, 2.45) is 5.41 Å². The fraction of sp³-hybridized carbons (Fsp3) is 0.455. The second-order valence-electron chi connectivity index (χ2n) is 8.69. The summed E-state index contributed by atoms with van der Waals surface area (Å²) < 4.78 is 0. The molecule has 1 aliphatic rings. The van der Waals surface area contributed by atoms with Gasteiger partial charge >= 0.3 is 0 Å². The van der Waals surface area contributed by atoms with Crippen LogP contribution in [-0.4, -0.2) is 33.9 Å². The molecule has 1 amide bonds. The molecule has 1 fully saturated rings. The number of amides is 1. The molecule has 0 radical (unpaired) electrons. The minimum absolute atomic E-state index is 0.00736. The van der Waals surface area contributed by atoms with Crippen LogP contribution >= 0.6 is 11.3 Å². The lowest BCUT2D eigenvalue weighted by atomic mass is 9.89. The van der Waals surface area contributed by atoms with Crippen LogP contribution in [0.15, 0.2) is 35.8 Å². The average Bonchev–Trinajstić information content (AvgIpc) is 3.28. The molecule has 5 nitrogen and oxygen atoms in total. The van der Waals surface area contributed by atoms with E-state index in [-0.39, 0.29) is 5.91 Å². The van der Waals surface area contributed by atoms with Gasteiger partial charge in [0, 0.05) is 34.4 Å². The molecule has 0 saturated carbocycles. The number of likely N-dealkylation sites (tertiary alicyclic amines) is 1. The summed E-state index contributed by atoms with van der Waals surface area (Å²) in [5.74, 6) is 0.623. The van der Waals surface area contributed by atoms with Crippen molar-refractivity contribution >= 4 is 33.3 Å². The van der Waals surface area contributed by atoms with Crippen LogP contribution in [0.2, 0.25) is 0 Å². The Kier molecular flexibility index (Phi) is 5.25. The molecule has 2 aromatic heterocycles. The van der Waals surface area contributed by atoms with Crippen molar-refractivity contribution in [3.63, 3.8) is 0 Å². The summed E-state index contributed by atoms with van der Waals surface area (Å²) in [6.07, 6.45) is 4.52. The number of nitrogens with zero attached hydrogens (tertiary/aromatic N) is 2. The highest BCUT2D eigenvalue weighted by Crippen LogP contribution is 2.33. The Bertz CT molecular complexity index is 960. The van der Waals surface area contributed by atoms with Gasteiger partial charge in [0.15, 0.2) is 5.13 Å². The Labute approximate surface area is 170 Å². The first-order valence-corrected chi connectivity index (χ1v) is 10.8. The minimum Gasteiger partial charge on any atom is -0.361 e. The third kappa shape index (κ3) is 4.13. The molecule has 0 spiro atoms. The van der Waals surface area contributed by atoms with Crippen LogP contribution in [0.4, 0.5) is 5.13 Å². The van der Waals surface area contributed by atoms with E-state index in [1.807, 2.05) is 20.8 Å². The van der Waals surface area contributed by atoms with Crippen molar-refractivity contribution in [3.8, 4) is 0 Å². The van der Waals surface area contributed by atoms with Crippen LogP contribution in [-0.2, 0) is 11.3 Å². The molecule has 3 aromatic rings. The number of H-pyrrole nitrogens is 1. The number of fused-ring (bicyclic) bond motifs is 1. The highest BCUT2D eigenvalue weighted by Gasteiger charge is 2.24. The van der Waals surface area contributed by atoms with E-state index in [9.17, 15) is 4.79 Å². The zero-order valence-electron chi connectivity index (χ0n) is 16.8. The summed E-state index contributed by atoms with van der Waals surface area (Å²) >= 11 is 1.51. The molecule has 3 heterocycles. The normalized spacial score (nSPS) is 16.5. The van der Waals surface area contributed by atoms with Gasteiger partial charge in [-0.05, 0) is 43.5 Å². The van der Waals surface area contributed by atoms with Crippen molar-refractivity contribution in [1.82, 2.24) is 14.9 Å². The number of hydrogen-bond donors (Lipinski definition) is 2. The van der Waals surface area contributed by atoms with Crippen molar-refractivity contribution in [1.29, 1.82) is 0 Å². The molecule has 1 aromatic carbocycles. The third-order valence-corrected chi connectivity index (χ3v) is 6.29. The van der Waals surface area contributed by atoms with E-state index in [0.717, 1.165) is 25.3 Å². The van der Waals surface area contributed by atoms with Gasteiger partial charge in [0.05, 0.1) is 5.69 Å². The summed E-state index contributed by atoms with van der Waals surface area (Å²) in [5, 5.41) is 7.05. The molecule has 0 unspecified atom stereocenters. The number of carbonyl (C=O) groups is 1. The maximum absolute atomic E-state index is 12.1. The smallest absolute Gasteiger partial charge is 0.231 e. The number of anilines is 1. The van der Waals surface area contributed by atoms with Gasteiger partial charge in [-0.1, -0.05) is 39.0 Å². The van der Waals surface area contributed by atoms with E-state index in [1.165, 1.54) is 40.6 Å². The van der Waals surface area contributed by atoms with E-state index in [4.69, 9.17) is 0 Å². The summed E-state index contributed by atoms with van der Waals surface area (Å²) in [7, 11) is 0. The van der Waals surface area contributed by atoms with Gasteiger partial charge in [0.1, 0.15) is 0 Å². The number of carbonyl (C=O) groups excluding carboxylic acids is 1. The minimum atomic E-state index is -0.407. The van der Waals surface area contributed by atoms with Gasteiger partial charge in [-0.2, -0.15) is 0 Å². The quantitative estimate of drug-likeness (QED) is 0.653. The number of benzene rings is 1. The first-order valence-electron chi connectivity index (χ1n) is 9.94. The molecule has 6 heteroatoms. The van der Waals surface area contributed by atoms with Gasteiger partial charge in [0.25, 0.3) is 0 Å². The number of hydrogen-bond acceptors (Lipinski definition) is 4. The lowest BCUT2D eigenvalue weighted by Gasteiger charge is -2.31. The first-order chi connectivity index (χ1) is 13.4. The van der Waals surface area contributed by atoms with Crippen LogP contribution in [0.25, 0.3) is 10.9 Å². The number of aromatic nitrogens is 2. The van der Waals surface area contributed by atoms with Gasteiger partial charge in [-0.15, -0.1) is 11.3 Å². The van der Waals surface area contributed by atoms with Crippen LogP contribution in [0, 0.1) is 5.41 Å². The molecule has 28 heavy (non-hydrogen) atoms. The predicted octanol–water partition coefficient (Wildman–Crippen LogP) is 4.99. The molecular formula is C22H28N4OS. The van der Waals surface area contributed by atoms with Gasteiger partial charge in [-0.25, -0.2) is 4.98 Å². The van der Waals surface area contributed by atoms with Crippen molar-refractivity contribution < 1.29 is 4.79 Å². The van der Waals surface area contributed by atoms with Crippen LogP contribution in [0.1, 0.15) is 50.8 Å².